The number of carbonyl (C=O) groups is 4. The quantitative estimate of drug-likeness (QED) is 0.218. The minimum Gasteiger partial charge on any atom is -0.507 e. The van der Waals surface area contributed by atoms with E-state index in [1.54, 1.807) is 0 Å². The Hall–Kier alpha value is -5.26. The predicted octanol–water partition coefficient (Wildman–Crippen LogP) is 2.59. The number of esters is 2. The number of phenols is 4. The summed E-state index contributed by atoms with van der Waals surface area (Å²) in [6, 6.07) is 8.91. The molecule has 3 aromatic carbocycles. The zero-order valence-electron chi connectivity index (χ0n) is 18.9. The first-order valence-electron chi connectivity index (χ1n) is 10.1. The fourth-order valence-electron chi connectivity index (χ4n) is 3.11. The number of hydrogen-bond acceptors (Lipinski definition) is 10. The molecule has 36 heavy (non-hydrogen) atoms. The van der Waals surface area contributed by atoms with Crippen molar-refractivity contribution in [2.24, 2.45) is 0 Å². The van der Waals surface area contributed by atoms with Gasteiger partial charge in [-0.25, -0.2) is 9.59 Å². The Balaban J connectivity index is 1.82. The Morgan fingerprint density at radius 2 is 0.917 bits per heavy atom. The van der Waals surface area contributed by atoms with E-state index in [4.69, 9.17) is 0 Å². The first-order valence-corrected chi connectivity index (χ1v) is 10.1. The lowest BCUT2D eigenvalue weighted by Crippen LogP contribution is -2.16. The molecule has 0 aliphatic heterocycles. The fourth-order valence-corrected chi connectivity index (χ4v) is 3.11. The monoisotopic (exact) mass is 496 g/mol. The molecule has 186 valence electrons. The number of nitrogens with one attached hydrogen (secondary N) is 2. The minimum atomic E-state index is -0.891. The van der Waals surface area contributed by atoms with Crippen molar-refractivity contribution in [3.05, 3.63) is 70.8 Å². The van der Waals surface area contributed by atoms with E-state index in [2.05, 4.69) is 20.1 Å². The highest BCUT2D eigenvalue weighted by atomic mass is 16.5. The van der Waals surface area contributed by atoms with Crippen LogP contribution >= 0.6 is 0 Å². The molecule has 0 bridgehead atoms. The third-order valence-corrected chi connectivity index (χ3v) is 4.92. The minimum absolute atomic E-state index is 0.0765. The van der Waals surface area contributed by atoms with Gasteiger partial charge in [0, 0.05) is 11.4 Å². The predicted molar refractivity (Wildman–Crippen MR) is 125 cm³/mol. The van der Waals surface area contributed by atoms with E-state index >= 15 is 0 Å². The van der Waals surface area contributed by atoms with E-state index in [1.165, 1.54) is 12.1 Å². The van der Waals surface area contributed by atoms with Crippen LogP contribution in [0, 0.1) is 0 Å². The molecule has 0 atom stereocenters. The number of carbonyl (C=O) groups excluding carboxylic acids is 4. The number of hydrogen-bond donors (Lipinski definition) is 6. The maximum atomic E-state index is 12.6. The summed E-state index contributed by atoms with van der Waals surface area (Å²) in [6.07, 6.45) is 0. The lowest BCUT2D eigenvalue weighted by Gasteiger charge is -2.12. The average Bonchev–Trinajstić information content (AvgIpc) is 2.86. The second-order valence-electron chi connectivity index (χ2n) is 7.24. The highest BCUT2D eigenvalue weighted by Crippen LogP contribution is 2.30. The van der Waals surface area contributed by atoms with Gasteiger partial charge in [-0.2, -0.15) is 0 Å². The second kappa shape index (κ2) is 10.3. The van der Waals surface area contributed by atoms with Crippen LogP contribution in [0.3, 0.4) is 0 Å². The van der Waals surface area contributed by atoms with E-state index in [9.17, 15) is 39.6 Å². The van der Waals surface area contributed by atoms with Gasteiger partial charge in [0.2, 0.25) is 0 Å². The molecule has 0 aliphatic rings. The molecule has 0 saturated heterocycles. The van der Waals surface area contributed by atoms with Crippen LogP contribution in [0.2, 0.25) is 0 Å². The molecule has 0 heterocycles. The molecule has 12 nitrogen and oxygen atoms in total. The van der Waals surface area contributed by atoms with Crippen molar-refractivity contribution in [1.82, 2.24) is 0 Å². The summed E-state index contributed by atoms with van der Waals surface area (Å²) < 4.78 is 9.09. The molecule has 0 spiro atoms. The van der Waals surface area contributed by atoms with Crippen LogP contribution in [0.1, 0.15) is 41.4 Å². The lowest BCUT2D eigenvalue weighted by molar-refractivity contribution is 0.0588. The van der Waals surface area contributed by atoms with Gasteiger partial charge in [0.25, 0.3) is 11.8 Å². The Bertz CT molecular complexity index is 1280. The van der Waals surface area contributed by atoms with E-state index in [1.807, 2.05) is 0 Å². The Morgan fingerprint density at radius 1 is 0.556 bits per heavy atom. The van der Waals surface area contributed by atoms with Gasteiger partial charge in [0.05, 0.1) is 25.3 Å². The van der Waals surface area contributed by atoms with Gasteiger partial charge in [-0.15, -0.1) is 0 Å². The standard InChI is InChI=1S/C24H20N2O10/c1-35-23(33)15-7-11(3-5-17(15)27)25-21(31)13-9-20(30)14(10-19(13)29)22(32)26-12-4-6-18(28)16(8-12)24(34)36-2/h3-10,27-30H,1-2H3,(H,25,31)(H,26,32). The Labute approximate surface area is 203 Å². The first kappa shape index (κ1) is 25.4. The van der Waals surface area contributed by atoms with Crippen LogP contribution in [0.25, 0.3) is 0 Å². The second-order valence-corrected chi connectivity index (χ2v) is 7.24. The normalized spacial score (nSPS) is 10.3. The summed E-state index contributed by atoms with van der Waals surface area (Å²) >= 11 is 0. The third-order valence-electron chi connectivity index (χ3n) is 4.92. The van der Waals surface area contributed by atoms with Crippen LogP contribution in [0.15, 0.2) is 48.5 Å². The topological polar surface area (TPSA) is 192 Å². The summed E-state index contributed by atoms with van der Waals surface area (Å²) in [7, 11) is 2.23. The highest BCUT2D eigenvalue weighted by molar-refractivity contribution is 6.11. The number of benzene rings is 3. The van der Waals surface area contributed by atoms with Gasteiger partial charge in [-0.1, -0.05) is 0 Å². The van der Waals surface area contributed by atoms with E-state index in [0.717, 1.165) is 50.6 Å². The van der Waals surface area contributed by atoms with E-state index in [-0.39, 0.29) is 34.0 Å². The number of rotatable bonds is 6. The molecule has 0 fully saturated rings. The summed E-state index contributed by atoms with van der Waals surface area (Å²) in [6.45, 7) is 0. The number of methoxy groups -OCH3 is 2. The summed E-state index contributed by atoms with van der Waals surface area (Å²) in [5.41, 5.74) is -1.05. The van der Waals surface area contributed by atoms with Crippen LogP contribution in [0.4, 0.5) is 11.4 Å². The average molecular weight is 496 g/mol. The SMILES string of the molecule is COC(=O)c1cc(NC(=O)c2cc(O)c(C(=O)Nc3ccc(O)c(C(=O)OC)c3)cc2O)ccc1O. The number of amides is 2. The van der Waals surface area contributed by atoms with Gasteiger partial charge < -0.3 is 40.5 Å². The summed E-state index contributed by atoms with van der Waals surface area (Å²) in [5.74, 6) is -5.51. The summed E-state index contributed by atoms with van der Waals surface area (Å²) in [5, 5.41) is 45.0. The van der Waals surface area contributed by atoms with E-state index < -0.39 is 46.4 Å². The molecule has 0 saturated carbocycles. The van der Waals surface area contributed by atoms with Crippen molar-refractivity contribution in [1.29, 1.82) is 0 Å². The molecular weight excluding hydrogens is 476 g/mol. The van der Waals surface area contributed by atoms with Gasteiger partial charge in [-0.05, 0) is 48.5 Å². The van der Waals surface area contributed by atoms with Crippen LogP contribution < -0.4 is 10.6 Å². The molecule has 3 aromatic rings. The zero-order chi connectivity index (χ0) is 26.6. The molecule has 0 aromatic heterocycles. The van der Waals surface area contributed by atoms with Crippen molar-refractivity contribution in [3.8, 4) is 23.0 Å². The third kappa shape index (κ3) is 5.28. The number of ether oxygens (including phenoxy) is 2. The molecule has 12 heteroatoms. The van der Waals surface area contributed by atoms with Crippen LogP contribution in [-0.4, -0.2) is 58.4 Å². The van der Waals surface area contributed by atoms with Crippen molar-refractivity contribution in [2.75, 3.05) is 24.9 Å². The first-order chi connectivity index (χ1) is 17.0. The van der Waals surface area contributed by atoms with Gasteiger partial charge in [0.15, 0.2) is 0 Å². The van der Waals surface area contributed by atoms with Crippen molar-refractivity contribution >= 4 is 35.1 Å². The number of phenolic OH excluding ortho intramolecular Hbond substituents is 4. The molecule has 0 radical (unpaired) electrons. The van der Waals surface area contributed by atoms with Crippen molar-refractivity contribution in [2.45, 2.75) is 0 Å². The van der Waals surface area contributed by atoms with Gasteiger partial charge in [0.1, 0.15) is 34.1 Å². The van der Waals surface area contributed by atoms with Gasteiger partial charge >= 0.3 is 11.9 Å². The lowest BCUT2D eigenvalue weighted by atomic mass is 10.1. The molecule has 6 N–H and O–H groups in total. The molecule has 3 rings (SSSR count). The smallest absolute Gasteiger partial charge is 0.341 e. The fraction of sp³-hybridized carbons (Fsp3) is 0.0833. The van der Waals surface area contributed by atoms with Crippen LogP contribution in [0.5, 0.6) is 23.0 Å². The van der Waals surface area contributed by atoms with Gasteiger partial charge in [-0.3, -0.25) is 9.59 Å². The van der Waals surface area contributed by atoms with Crippen molar-refractivity contribution < 1.29 is 49.1 Å². The summed E-state index contributed by atoms with van der Waals surface area (Å²) in [4.78, 5) is 48.7. The maximum Gasteiger partial charge on any atom is 0.341 e. The molecular formula is C24H20N2O10. The Kier molecular flexibility index (Phi) is 7.29. The molecule has 0 aliphatic carbocycles. The highest BCUT2D eigenvalue weighted by Gasteiger charge is 2.21. The largest absolute Gasteiger partial charge is 0.507 e. The van der Waals surface area contributed by atoms with Crippen LogP contribution in [-0.2, 0) is 9.47 Å². The number of aromatic hydroxyl groups is 4. The maximum absolute atomic E-state index is 12.6. The molecule has 2 amide bonds. The number of anilines is 2. The van der Waals surface area contributed by atoms with Crippen molar-refractivity contribution in [3.63, 3.8) is 0 Å². The zero-order valence-corrected chi connectivity index (χ0v) is 18.9. The van der Waals surface area contributed by atoms with E-state index in [0.29, 0.717) is 0 Å². The molecule has 0 unspecified atom stereocenters. The Morgan fingerprint density at radius 3 is 1.25 bits per heavy atom.